The van der Waals surface area contributed by atoms with E-state index in [-0.39, 0.29) is 12.4 Å². The summed E-state index contributed by atoms with van der Waals surface area (Å²) in [5.74, 6) is -2.19. The molecule has 9 heteroatoms. The van der Waals surface area contributed by atoms with Crippen LogP contribution in [0.1, 0.15) is 26.3 Å². The summed E-state index contributed by atoms with van der Waals surface area (Å²) in [6.07, 6.45) is 1.61. The Balaban J connectivity index is 2.46. The third-order valence-corrected chi connectivity index (χ3v) is 3.50. The monoisotopic (exact) mass is 448 g/mol. The van der Waals surface area contributed by atoms with Crippen LogP contribution >= 0.6 is 22.6 Å². The summed E-state index contributed by atoms with van der Waals surface area (Å²) >= 11 is 2.19. The minimum atomic E-state index is -1.05. The molecule has 0 bridgehead atoms. The maximum atomic E-state index is 11.8. The van der Waals surface area contributed by atoms with E-state index in [1.165, 1.54) is 0 Å². The number of alkyl halides is 1. The van der Waals surface area contributed by atoms with Crippen LogP contribution in [0.15, 0.2) is 18.3 Å². The Kier molecular flexibility index (Phi) is 7.55. The first-order chi connectivity index (χ1) is 11.1. The van der Waals surface area contributed by atoms with E-state index in [0.29, 0.717) is 0 Å². The molecule has 1 aromatic rings. The van der Waals surface area contributed by atoms with E-state index in [1.807, 2.05) is 0 Å². The van der Waals surface area contributed by atoms with Crippen LogP contribution in [-0.4, -0.2) is 41.0 Å². The van der Waals surface area contributed by atoms with Gasteiger partial charge in [0, 0.05) is 17.2 Å². The zero-order valence-electron chi connectivity index (χ0n) is 13.8. The fraction of sp³-hybridized carbons (Fsp3) is 0.467. The molecule has 0 radical (unpaired) electrons. The van der Waals surface area contributed by atoms with Crippen LogP contribution in [0, 0.1) is 0 Å². The molecule has 0 spiro atoms. The van der Waals surface area contributed by atoms with Crippen molar-refractivity contribution < 1.29 is 19.1 Å². The highest BCUT2D eigenvalue weighted by molar-refractivity contribution is 14.1. The lowest BCUT2D eigenvalue weighted by atomic mass is 10.2. The van der Waals surface area contributed by atoms with E-state index in [9.17, 15) is 14.4 Å². The zero-order chi connectivity index (χ0) is 18.3. The van der Waals surface area contributed by atoms with Crippen molar-refractivity contribution in [3.8, 4) is 0 Å². The molecule has 0 aliphatic heterocycles. The summed E-state index contributed by atoms with van der Waals surface area (Å²) < 4.78 is 5.88. The van der Waals surface area contributed by atoms with Crippen LogP contribution in [0.25, 0.3) is 0 Å². The van der Waals surface area contributed by atoms with Gasteiger partial charge < -0.3 is 21.1 Å². The normalized spacial score (nSPS) is 12.2. The van der Waals surface area contributed by atoms with E-state index in [4.69, 9.17) is 10.5 Å². The Bertz CT molecular complexity index is 598. The number of esters is 1. The van der Waals surface area contributed by atoms with Gasteiger partial charge in [0.1, 0.15) is 17.5 Å². The molecule has 0 aliphatic rings. The van der Waals surface area contributed by atoms with Crippen LogP contribution in [0.5, 0.6) is 0 Å². The van der Waals surface area contributed by atoms with Gasteiger partial charge in [-0.2, -0.15) is 0 Å². The van der Waals surface area contributed by atoms with Crippen LogP contribution < -0.4 is 16.4 Å². The number of halogens is 1. The first-order valence-corrected chi connectivity index (χ1v) is 8.73. The van der Waals surface area contributed by atoms with Crippen LogP contribution in [0.2, 0.25) is 0 Å². The number of ether oxygens (including phenoxy) is 1. The first kappa shape index (κ1) is 20.3. The van der Waals surface area contributed by atoms with Gasteiger partial charge in [-0.15, -0.1) is 0 Å². The molecule has 0 saturated carbocycles. The maximum Gasteiger partial charge on any atom is 0.325 e. The zero-order valence-corrected chi connectivity index (χ0v) is 15.9. The number of rotatable bonds is 5. The van der Waals surface area contributed by atoms with Gasteiger partial charge in [0.15, 0.2) is 0 Å². The molecule has 2 amide bonds. The van der Waals surface area contributed by atoms with E-state index >= 15 is 0 Å². The molecule has 0 aromatic carbocycles. The van der Waals surface area contributed by atoms with E-state index in [2.05, 4.69) is 38.2 Å². The Morgan fingerprint density at radius 3 is 2.46 bits per heavy atom. The molecule has 8 nitrogen and oxygen atoms in total. The van der Waals surface area contributed by atoms with Gasteiger partial charge in [0.25, 0.3) is 0 Å². The van der Waals surface area contributed by atoms with E-state index in [0.717, 1.165) is 9.99 Å². The predicted molar refractivity (Wildman–Crippen MR) is 97.4 cm³/mol. The number of carbonyl (C=O) groups is 3. The molecule has 4 N–H and O–H groups in total. The van der Waals surface area contributed by atoms with Gasteiger partial charge in [0.2, 0.25) is 0 Å². The molecule has 0 saturated heterocycles. The van der Waals surface area contributed by atoms with Gasteiger partial charge in [-0.1, -0.05) is 28.7 Å². The number of anilines is 1. The summed E-state index contributed by atoms with van der Waals surface area (Å²) in [6, 6.07) is 2.35. The number of nitrogens with one attached hydrogen (secondary N) is 2. The van der Waals surface area contributed by atoms with Crippen molar-refractivity contribution in [3.63, 3.8) is 0 Å². The van der Waals surface area contributed by atoms with Crippen LogP contribution in [0.4, 0.5) is 5.82 Å². The second-order valence-corrected chi connectivity index (χ2v) is 6.75. The average molecular weight is 448 g/mol. The molecule has 0 aliphatic carbocycles. The average Bonchev–Trinajstić information content (AvgIpc) is 2.51. The highest BCUT2D eigenvalue weighted by Crippen LogP contribution is 2.09. The van der Waals surface area contributed by atoms with Gasteiger partial charge in [0.05, 0.1) is 0 Å². The number of hydrogen-bond acceptors (Lipinski definition) is 6. The van der Waals surface area contributed by atoms with Gasteiger partial charge in [-0.25, -0.2) is 4.98 Å². The third-order valence-electron chi connectivity index (χ3n) is 2.62. The topological polar surface area (TPSA) is 123 Å². The summed E-state index contributed by atoms with van der Waals surface area (Å²) in [6.45, 7) is 4.92. The number of nitrogens with zero attached hydrogens (tertiary/aromatic N) is 1. The minimum absolute atomic E-state index is 0.206. The Morgan fingerprint density at radius 2 is 1.96 bits per heavy atom. The van der Waals surface area contributed by atoms with Crippen molar-refractivity contribution in [1.82, 2.24) is 10.3 Å². The van der Waals surface area contributed by atoms with Gasteiger partial charge in [-0.3, -0.25) is 14.4 Å². The van der Waals surface area contributed by atoms with Crippen molar-refractivity contribution >= 4 is 46.2 Å². The molecular weight excluding hydrogens is 427 g/mol. The lowest BCUT2D eigenvalue weighted by Gasteiger charge is -2.22. The fourth-order valence-corrected chi connectivity index (χ4v) is 1.95. The lowest BCUT2D eigenvalue weighted by molar-refractivity contribution is -0.156. The largest absolute Gasteiger partial charge is 0.459 e. The van der Waals surface area contributed by atoms with Crippen LogP contribution in [0.3, 0.4) is 0 Å². The minimum Gasteiger partial charge on any atom is -0.459 e. The molecule has 24 heavy (non-hydrogen) atoms. The van der Waals surface area contributed by atoms with Gasteiger partial charge >= 0.3 is 17.8 Å². The Morgan fingerprint density at radius 1 is 1.29 bits per heavy atom. The predicted octanol–water partition coefficient (Wildman–Crippen LogP) is 0.740. The fourth-order valence-electron chi connectivity index (χ4n) is 1.49. The molecule has 1 rings (SSSR count). The number of aromatic nitrogens is 1. The van der Waals surface area contributed by atoms with E-state index < -0.39 is 29.4 Å². The van der Waals surface area contributed by atoms with Crippen molar-refractivity contribution in [2.75, 3.05) is 11.9 Å². The number of pyridine rings is 1. The number of amides is 2. The first-order valence-electron chi connectivity index (χ1n) is 7.21. The lowest BCUT2D eigenvalue weighted by Crippen LogP contribution is -2.47. The molecule has 1 heterocycles. The molecule has 132 valence electrons. The number of hydrogen-bond donors (Lipinski definition) is 3. The summed E-state index contributed by atoms with van der Waals surface area (Å²) in [5, 5.41) is 4.65. The Hall–Kier alpha value is -1.75. The highest BCUT2D eigenvalue weighted by atomic mass is 127. The third kappa shape index (κ3) is 7.21. The molecule has 1 aromatic heterocycles. The van der Waals surface area contributed by atoms with Crippen molar-refractivity contribution in [2.45, 2.75) is 36.8 Å². The Labute approximate surface area is 154 Å². The number of nitrogens with two attached hydrogens (primary N) is 1. The molecule has 0 unspecified atom stereocenters. The van der Waals surface area contributed by atoms with Crippen LogP contribution in [-0.2, 0) is 23.5 Å². The number of carbonyl (C=O) groups excluding carboxylic acids is 3. The second-order valence-electron chi connectivity index (χ2n) is 5.99. The highest BCUT2D eigenvalue weighted by Gasteiger charge is 2.23. The maximum absolute atomic E-state index is 11.8. The summed E-state index contributed by atoms with van der Waals surface area (Å²) in [5.41, 5.74) is 5.95. The van der Waals surface area contributed by atoms with Crippen molar-refractivity contribution in [1.29, 1.82) is 0 Å². The van der Waals surface area contributed by atoms with Crippen molar-refractivity contribution in [2.24, 2.45) is 5.73 Å². The quantitative estimate of drug-likeness (QED) is 0.264. The molecule has 1 atom stereocenters. The standard InChI is InChI=1S/C15H21IN4O4/c1-15(2,3)24-14(23)10(17)8-19-12(21)13(22)20-11-5-4-9(6-16)7-18-11/h4-5,7,10H,6,8,17H2,1-3H3,(H,19,21)(H,18,20,22)/t10-/m0/s1. The van der Waals surface area contributed by atoms with E-state index in [1.54, 1.807) is 39.1 Å². The van der Waals surface area contributed by atoms with Gasteiger partial charge in [-0.05, 0) is 32.4 Å². The summed E-state index contributed by atoms with van der Waals surface area (Å²) in [7, 11) is 0. The smallest absolute Gasteiger partial charge is 0.325 e. The summed E-state index contributed by atoms with van der Waals surface area (Å²) in [4.78, 5) is 39.2. The SMILES string of the molecule is CC(C)(C)OC(=O)[C@@H](N)CNC(=O)C(=O)Nc1ccc(CI)cn1. The van der Waals surface area contributed by atoms with Crippen molar-refractivity contribution in [3.05, 3.63) is 23.9 Å². The molecular formula is C15H21IN4O4. The second kappa shape index (κ2) is 8.92. The molecule has 0 fully saturated rings.